The summed E-state index contributed by atoms with van der Waals surface area (Å²) < 4.78 is 0. The van der Waals surface area contributed by atoms with Crippen LogP contribution in [0.4, 0.5) is 23.0 Å². The zero-order chi connectivity index (χ0) is 25.9. The lowest BCUT2D eigenvalue weighted by atomic mass is 9.96. The quantitative estimate of drug-likeness (QED) is 0.315. The number of nitrogens with one attached hydrogen (secondary N) is 1. The van der Waals surface area contributed by atoms with Crippen molar-refractivity contribution in [1.82, 2.24) is 19.9 Å². The monoisotopic (exact) mass is 501 g/mol. The van der Waals surface area contributed by atoms with Crippen molar-refractivity contribution in [2.75, 3.05) is 42.1 Å². The fourth-order valence-electron chi connectivity index (χ4n) is 5.29. The van der Waals surface area contributed by atoms with E-state index in [2.05, 4.69) is 97.9 Å². The molecule has 1 aliphatic rings. The van der Waals surface area contributed by atoms with E-state index in [4.69, 9.17) is 10.7 Å². The molecule has 1 aliphatic heterocycles. The minimum atomic E-state index is 0.210. The van der Waals surface area contributed by atoms with Gasteiger partial charge in [0.1, 0.15) is 12.0 Å². The fourth-order valence-corrected chi connectivity index (χ4v) is 5.29. The van der Waals surface area contributed by atoms with E-state index < -0.39 is 0 Å². The van der Waals surface area contributed by atoms with Gasteiger partial charge < -0.3 is 16.0 Å². The van der Waals surface area contributed by atoms with Gasteiger partial charge in [-0.25, -0.2) is 9.97 Å². The second-order valence-corrected chi connectivity index (χ2v) is 9.66. The van der Waals surface area contributed by atoms with Crippen molar-refractivity contribution in [1.29, 1.82) is 0 Å². The van der Waals surface area contributed by atoms with Crippen LogP contribution in [0.3, 0.4) is 0 Å². The third-order valence-corrected chi connectivity index (χ3v) is 7.18. The van der Waals surface area contributed by atoms with Crippen LogP contribution >= 0.6 is 0 Å². The van der Waals surface area contributed by atoms with E-state index in [1.165, 1.54) is 11.1 Å². The van der Waals surface area contributed by atoms with Crippen molar-refractivity contribution in [2.24, 2.45) is 0 Å². The molecule has 3 N–H and O–H groups in total. The molecule has 0 amide bonds. The molecule has 38 heavy (non-hydrogen) atoms. The molecular weight excluding hydrogens is 470 g/mol. The first-order valence-corrected chi connectivity index (χ1v) is 13.0. The van der Waals surface area contributed by atoms with Gasteiger partial charge in [-0.15, -0.1) is 0 Å². The van der Waals surface area contributed by atoms with Crippen molar-refractivity contribution in [2.45, 2.75) is 13.0 Å². The summed E-state index contributed by atoms with van der Waals surface area (Å²) in [5.74, 6) is 1.36. The van der Waals surface area contributed by atoms with Crippen LogP contribution in [0.15, 0.2) is 97.3 Å². The molecule has 0 saturated carbocycles. The summed E-state index contributed by atoms with van der Waals surface area (Å²) in [6.45, 7) is 5.44. The number of nitrogens with two attached hydrogens (primary N) is 1. The summed E-state index contributed by atoms with van der Waals surface area (Å²) in [5.41, 5.74) is 12.5. The Hall–Kier alpha value is -4.49. The SMILES string of the molecule is Cc1ccc2cccc(Nc3ncnc(N4CCN(C(c5ccccc5)c5ccccc5)CC4)c3N)c2n1. The summed E-state index contributed by atoms with van der Waals surface area (Å²) in [5, 5.41) is 4.48. The number of aryl methyl sites for hydroxylation is 1. The third-order valence-electron chi connectivity index (χ3n) is 7.18. The largest absolute Gasteiger partial charge is 0.393 e. The van der Waals surface area contributed by atoms with Crippen LogP contribution in [0, 0.1) is 6.92 Å². The normalized spacial score (nSPS) is 14.2. The van der Waals surface area contributed by atoms with Crippen molar-refractivity contribution in [3.8, 4) is 0 Å². The van der Waals surface area contributed by atoms with Gasteiger partial charge >= 0.3 is 0 Å². The highest BCUT2D eigenvalue weighted by Crippen LogP contribution is 2.34. The fraction of sp³-hybridized carbons (Fsp3) is 0.194. The maximum Gasteiger partial charge on any atom is 0.159 e. The van der Waals surface area contributed by atoms with Crippen LogP contribution in [0.5, 0.6) is 0 Å². The number of piperazine rings is 1. The molecule has 0 bridgehead atoms. The number of aromatic nitrogens is 3. The number of pyridine rings is 1. The second-order valence-electron chi connectivity index (χ2n) is 9.66. The van der Waals surface area contributed by atoms with Crippen LogP contribution in [0.25, 0.3) is 10.9 Å². The number of nitrogens with zero attached hydrogens (tertiary/aromatic N) is 5. The summed E-state index contributed by atoms with van der Waals surface area (Å²) in [6.07, 6.45) is 1.58. The lowest BCUT2D eigenvalue weighted by Gasteiger charge is -2.40. The summed E-state index contributed by atoms with van der Waals surface area (Å²) >= 11 is 0. The molecule has 0 aliphatic carbocycles. The number of nitrogen functional groups attached to an aromatic ring is 1. The van der Waals surface area contributed by atoms with Crippen molar-refractivity contribution in [3.05, 3.63) is 114 Å². The summed E-state index contributed by atoms with van der Waals surface area (Å²) in [4.78, 5) is 18.6. The predicted molar refractivity (Wildman–Crippen MR) is 155 cm³/mol. The van der Waals surface area contributed by atoms with Gasteiger partial charge in [-0.2, -0.15) is 0 Å². The highest BCUT2D eigenvalue weighted by atomic mass is 15.3. The molecule has 7 heteroatoms. The van der Waals surface area contributed by atoms with Gasteiger partial charge in [0.2, 0.25) is 0 Å². The predicted octanol–water partition coefficient (Wildman–Crippen LogP) is 5.57. The Morgan fingerprint density at radius 3 is 2.13 bits per heavy atom. The Labute approximate surface area is 223 Å². The van der Waals surface area contributed by atoms with Gasteiger partial charge in [-0.1, -0.05) is 78.9 Å². The zero-order valence-corrected chi connectivity index (χ0v) is 21.5. The number of benzene rings is 3. The van der Waals surface area contributed by atoms with Crippen LogP contribution in [0.1, 0.15) is 22.9 Å². The molecule has 190 valence electrons. The minimum absolute atomic E-state index is 0.210. The number of para-hydroxylation sites is 1. The van der Waals surface area contributed by atoms with Crippen LogP contribution in [0.2, 0.25) is 0 Å². The molecule has 0 radical (unpaired) electrons. The Kier molecular flexibility index (Phi) is 6.58. The van der Waals surface area contributed by atoms with E-state index in [-0.39, 0.29) is 6.04 Å². The highest BCUT2D eigenvalue weighted by Gasteiger charge is 2.28. The van der Waals surface area contributed by atoms with E-state index in [9.17, 15) is 0 Å². The molecule has 1 fully saturated rings. The van der Waals surface area contributed by atoms with Crippen molar-refractivity contribution in [3.63, 3.8) is 0 Å². The first-order chi connectivity index (χ1) is 18.7. The van der Waals surface area contributed by atoms with Crippen LogP contribution in [-0.4, -0.2) is 46.0 Å². The smallest absolute Gasteiger partial charge is 0.159 e. The van der Waals surface area contributed by atoms with E-state index in [1.54, 1.807) is 6.33 Å². The third kappa shape index (κ3) is 4.76. The van der Waals surface area contributed by atoms with Gasteiger partial charge in [0.05, 0.1) is 17.2 Å². The Balaban J connectivity index is 1.23. The molecule has 6 rings (SSSR count). The van der Waals surface area contributed by atoms with E-state index >= 15 is 0 Å². The van der Waals surface area contributed by atoms with Gasteiger partial charge in [0, 0.05) is 37.3 Å². The molecule has 0 spiro atoms. The Morgan fingerprint density at radius 1 is 0.763 bits per heavy atom. The average molecular weight is 502 g/mol. The zero-order valence-electron chi connectivity index (χ0n) is 21.5. The number of hydrogen-bond acceptors (Lipinski definition) is 7. The first-order valence-electron chi connectivity index (χ1n) is 13.0. The maximum atomic E-state index is 6.65. The lowest BCUT2D eigenvalue weighted by Crippen LogP contribution is -2.48. The molecule has 7 nitrogen and oxygen atoms in total. The number of anilines is 4. The first kappa shape index (κ1) is 23.9. The number of rotatable bonds is 6. The molecule has 1 saturated heterocycles. The minimum Gasteiger partial charge on any atom is -0.393 e. The van der Waals surface area contributed by atoms with E-state index in [1.807, 2.05) is 25.1 Å². The maximum absolute atomic E-state index is 6.65. The van der Waals surface area contributed by atoms with Crippen LogP contribution in [-0.2, 0) is 0 Å². The number of fused-ring (bicyclic) bond motifs is 1. The highest BCUT2D eigenvalue weighted by molar-refractivity contribution is 5.93. The van der Waals surface area contributed by atoms with Crippen molar-refractivity contribution >= 4 is 33.9 Å². The van der Waals surface area contributed by atoms with Gasteiger partial charge in [-0.3, -0.25) is 9.88 Å². The van der Waals surface area contributed by atoms with Gasteiger partial charge in [-0.05, 0) is 30.2 Å². The molecule has 0 atom stereocenters. The molecule has 5 aromatic rings. The van der Waals surface area contributed by atoms with E-state index in [0.717, 1.165) is 54.3 Å². The van der Waals surface area contributed by atoms with Crippen molar-refractivity contribution < 1.29 is 0 Å². The van der Waals surface area contributed by atoms with Crippen LogP contribution < -0.4 is 16.0 Å². The summed E-state index contributed by atoms with van der Waals surface area (Å²) in [7, 11) is 0. The molecule has 2 aromatic heterocycles. The molecular formula is C31H31N7. The standard InChI is InChI=1S/C31H31N7/c1-22-15-16-23-13-8-14-26(28(23)35-22)36-30-27(32)31(34-21-33-30)38-19-17-37(18-20-38)29(24-9-4-2-5-10-24)25-11-6-3-7-12-25/h2-16,21,29H,17-20,32H2,1H3,(H,33,34,36). The molecule has 0 unspecified atom stereocenters. The number of hydrogen-bond donors (Lipinski definition) is 2. The summed E-state index contributed by atoms with van der Waals surface area (Å²) in [6, 6.07) is 31.8. The molecule has 3 aromatic carbocycles. The second kappa shape index (κ2) is 10.5. The molecule has 3 heterocycles. The van der Waals surface area contributed by atoms with Gasteiger partial charge in [0.25, 0.3) is 0 Å². The Morgan fingerprint density at radius 2 is 1.45 bits per heavy atom. The average Bonchev–Trinajstić information content (AvgIpc) is 2.96. The Bertz CT molecular complexity index is 1490. The topological polar surface area (TPSA) is 83.2 Å². The van der Waals surface area contributed by atoms with E-state index in [0.29, 0.717) is 11.5 Å². The van der Waals surface area contributed by atoms with Gasteiger partial charge in [0.15, 0.2) is 11.6 Å². The lowest BCUT2D eigenvalue weighted by molar-refractivity contribution is 0.212.